The number of carbonyl (C=O) groups excluding carboxylic acids is 2. The van der Waals surface area contributed by atoms with Crippen LogP contribution in [0.15, 0.2) is 36.5 Å². The van der Waals surface area contributed by atoms with Crippen molar-refractivity contribution in [2.45, 2.75) is 6.42 Å². The number of morpholine rings is 1. The molecule has 0 spiro atoms. The smallest absolute Gasteiger partial charge is 0.273 e. The van der Waals surface area contributed by atoms with Gasteiger partial charge in [0.25, 0.3) is 5.91 Å². The standard InChI is InChI=1S/C20H19Cl2N7O3/c21-14-2-1-3-15(22)18(14)29-26-17(19(23)31)20(27-29)25-13-5-4-12(24-11-13)10-16(30)28-6-8-32-9-7-28/h1-5,11H,6-10H2,(H2,23,31)(H,25,27). The average Bonchev–Trinajstić information content (AvgIpc) is 3.19. The molecular formula is C20H19Cl2N7O3. The van der Waals surface area contributed by atoms with E-state index in [9.17, 15) is 9.59 Å². The van der Waals surface area contributed by atoms with E-state index < -0.39 is 5.91 Å². The second-order valence-corrected chi connectivity index (χ2v) is 7.77. The maximum atomic E-state index is 12.4. The summed E-state index contributed by atoms with van der Waals surface area (Å²) in [4.78, 5) is 31.5. The molecule has 12 heteroatoms. The van der Waals surface area contributed by atoms with Gasteiger partial charge in [0.05, 0.1) is 41.6 Å². The lowest BCUT2D eigenvalue weighted by Gasteiger charge is -2.26. The molecule has 32 heavy (non-hydrogen) atoms. The van der Waals surface area contributed by atoms with Crippen LogP contribution in [0.1, 0.15) is 16.2 Å². The van der Waals surface area contributed by atoms with Crippen LogP contribution in [0.3, 0.4) is 0 Å². The van der Waals surface area contributed by atoms with Gasteiger partial charge in [-0.25, -0.2) is 0 Å². The first-order chi connectivity index (χ1) is 15.4. The molecule has 3 heterocycles. The fourth-order valence-electron chi connectivity index (χ4n) is 3.16. The fourth-order valence-corrected chi connectivity index (χ4v) is 3.70. The highest BCUT2D eigenvalue weighted by Crippen LogP contribution is 2.28. The second-order valence-electron chi connectivity index (χ2n) is 6.95. The molecule has 0 bridgehead atoms. The molecule has 1 fully saturated rings. The van der Waals surface area contributed by atoms with Gasteiger partial charge in [-0.1, -0.05) is 29.3 Å². The van der Waals surface area contributed by atoms with Gasteiger partial charge in [0.15, 0.2) is 11.5 Å². The van der Waals surface area contributed by atoms with Gasteiger partial charge < -0.3 is 20.7 Å². The highest BCUT2D eigenvalue weighted by molar-refractivity contribution is 6.37. The van der Waals surface area contributed by atoms with Gasteiger partial charge in [-0.15, -0.1) is 15.0 Å². The van der Waals surface area contributed by atoms with Crippen LogP contribution in [0.2, 0.25) is 10.0 Å². The SMILES string of the molecule is NC(=O)c1nn(-c2c(Cl)cccc2Cl)nc1Nc1ccc(CC(=O)N2CCOCC2)nc1. The maximum Gasteiger partial charge on any atom is 0.273 e. The molecule has 0 radical (unpaired) electrons. The van der Waals surface area contributed by atoms with Crippen LogP contribution in [0.25, 0.3) is 5.69 Å². The Balaban J connectivity index is 1.52. The molecule has 166 valence electrons. The summed E-state index contributed by atoms with van der Waals surface area (Å²) < 4.78 is 5.26. The number of nitrogens with zero attached hydrogens (tertiary/aromatic N) is 5. The van der Waals surface area contributed by atoms with Crippen molar-refractivity contribution in [3.05, 3.63) is 58.0 Å². The largest absolute Gasteiger partial charge is 0.378 e. The van der Waals surface area contributed by atoms with Crippen molar-refractivity contribution in [3.63, 3.8) is 0 Å². The predicted octanol–water partition coefficient (Wildman–Crippen LogP) is 2.21. The zero-order valence-corrected chi connectivity index (χ0v) is 18.3. The number of rotatable bonds is 6. The number of halogens is 2. The molecule has 3 N–H and O–H groups in total. The topological polar surface area (TPSA) is 128 Å². The van der Waals surface area contributed by atoms with Gasteiger partial charge in [-0.05, 0) is 24.3 Å². The van der Waals surface area contributed by atoms with Crippen LogP contribution in [-0.2, 0) is 16.0 Å². The monoisotopic (exact) mass is 475 g/mol. The molecule has 2 amide bonds. The second kappa shape index (κ2) is 9.51. The van der Waals surface area contributed by atoms with Crippen molar-refractivity contribution >= 4 is 46.5 Å². The van der Waals surface area contributed by atoms with E-state index in [2.05, 4.69) is 20.5 Å². The minimum Gasteiger partial charge on any atom is -0.378 e. The molecule has 0 saturated carbocycles. The Kier molecular flexibility index (Phi) is 6.54. The molecular weight excluding hydrogens is 457 g/mol. The molecule has 1 aliphatic rings. The van der Waals surface area contributed by atoms with Crippen molar-refractivity contribution in [2.75, 3.05) is 31.6 Å². The lowest BCUT2D eigenvalue weighted by molar-refractivity contribution is -0.134. The lowest BCUT2D eigenvalue weighted by Crippen LogP contribution is -2.41. The number of aromatic nitrogens is 4. The minimum atomic E-state index is -0.775. The molecule has 0 aliphatic carbocycles. The summed E-state index contributed by atoms with van der Waals surface area (Å²) in [5.41, 5.74) is 6.84. The molecule has 2 aromatic heterocycles. The highest BCUT2D eigenvalue weighted by Gasteiger charge is 2.21. The third-order valence-corrected chi connectivity index (χ3v) is 5.38. The van der Waals surface area contributed by atoms with E-state index in [-0.39, 0.29) is 23.8 Å². The van der Waals surface area contributed by atoms with Crippen molar-refractivity contribution in [1.29, 1.82) is 0 Å². The lowest BCUT2D eigenvalue weighted by atomic mass is 10.2. The van der Waals surface area contributed by atoms with E-state index in [1.807, 2.05) is 0 Å². The summed E-state index contributed by atoms with van der Waals surface area (Å²) in [5, 5.41) is 12.0. The number of carbonyl (C=O) groups is 2. The van der Waals surface area contributed by atoms with Crippen LogP contribution in [0.5, 0.6) is 0 Å². The van der Waals surface area contributed by atoms with E-state index >= 15 is 0 Å². The molecule has 1 aromatic carbocycles. The third-order valence-electron chi connectivity index (χ3n) is 4.77. The van der Waals surface area contributed by atoms with Crippen molar-refractivity contribution < 1.29 is 14.3 Å². The zero-order chi connectivity index (χ0) is 22.7. The van der Waals surface area contributed by atoms with Crippen LogP contribution in [0.4, 0.5) is 11.5 Å². The summed E-state index contributed by atoms with van der Waals surface area (Å²) in [6.45, 7) is 2.26. The zero-order valence-electron chi connectivity index (χ0n) is 16.8. The van der Waals surface area contributed by atoms with Gasteiger partial charge >= 0.3 is 0 Å². The minimum absolute atomic E-state index is 0.00270. The quantitative estimate of drug-likeness (QED) is 0.558. The number of hydrogen-bond donors (Lipinski definition) is 2. The number of amides is 2. The van der Waals surface area contributed by atoms with Crippen molar-refractivity contribution in [3.8, 4) is 5.69 Å². The van der Waals surface area contributed by atoms with Gasteiger partial charge in [0.1, 0.15) is 5.69 Å². The van der Waals surface area contributed by atoms with Gasteiger partial charge in [0.2, 0.25) is 5.91 Å². The normalized spacial score (nSPS) is 13.8. The number of pyridine rings is 1. The fraction of sp³-hybridized carbons (Fsp3) is 0.250. The number of primary amides is 1. The Morgan fingerprint density at radius 1 is 1.09 bits per heavy atom. The number of hydrogen-bond acceptors (Lipinski definition) is 7. The van der Waals surface area contributed by atoms with Crippen LogP contribution in [0, 0.1) is 0 Å². The van der Waals surface area contributed by atoms with Crippen LogP contribution in [-0.4, -0.2) is 63.0 Å². The summed E-state index contributed by atoms with van der Waals surface area (Å²) in [6, 6.07) is 8.39. The summed E-state index contributed by atoms with van der Waals surface area (Å²) in [7, 11) is 0. The molecule has 10 nitrogen and oxygen atoms in total. The van der Waals surface area contributed by atoms with Gasteiger partial charge in [-0.2, -0.15) is 0 Å². The first-order valence-electron chi connectivity index (χ1n) is 9.71. The van der Waals surface area contributed by atoms with E-state index in [0.29, 0.717) is 53.4 Å². The van der Waals surface area contributed by atoms with Crippen LogP contribution < -0.4 is 11.1 Å². The van der Waals surface area contributed by atoms with Gasteiger partial charge in [0, 0.05) is 18.8 Å². The summed E-state index contributed by atoms with van der Waals surface area (Å²) in [5.74, 6) is -0.660. The molecule has 1 saturated heterocycles. The number of nitrogens with two attached hydrogens (primary N) is 1. The molecule has 4 rings (SSSR count). The van der Waals surface area contributed by atoms with Crippen LogP contribution >= 0.6 is 23.2 Å². The van der Waals surface area contributed by atoms with Crippen molar-refractivity contribution in [2.24, 2.45) is 5.73 Å². The molecule has 0 unspecified atom stereocenters. The van der Waals surface area contributed by atoms with E-state index in [1.54, 1.807) is 35.2 Å². The Labute approximate surface area is 193 Å². The first-order valence-corrected chi connectivity index (χ1v) is 10.5. The average molecular weight is 476 g/mol. The van der Waals surface area contributed by atoms with E-state index in [0.717, 1.165) is 4.80 Å². The number of anilines is 2. The highest BCUT2D eigenvalue weighted by atomic mass is 35.5. The van der Waals surface area contributed by atoms with Gasteiger partial charge in [-0.3, -0.25) is 14.6 Å². The number of ether oxygens (including phenoxy) is 1. The Morgan fingerprint density at radius 2 is 1.81 bits per heavy atom. The number of para-hydroxylation sites is 1. The first kappa shape index (κ1) is 22.0. The molecule has 1 aliphatic heterocycles. The third kappa shape index (κ3) is 4.82. The Hall–Kier alpha value is -3.21. The maximum absolute atomic E-state index is 12.4. The summed E-state index contributed by atoms with van der Waals surface area (Å²) >= 11 is 12.4. The van der Waals surface area contributed by atoms with E-state index in [4.69, 9.17) is 33.7 Å². The Morgan fingerprint density at radius 3 is 2.44 bits per heavy atom. The predicted molar refractivity (Wildman–Crippen MR) is 119 cm³/mol. The van der Waals surface area contributed by atoms with Crippen molar-refractivity contribution in [1.82, 2.24) is 24.9 Å². The molecule has 3 aromatic rings. The van der Waals surface area contributed by atoms with E-state index in [1.165, 1.54) is 6.20 Å². The number of benzene rings is 1. The number of nitrogens with one attached hydrogen (secondary N) is 1. The molecule has 0 atom stereocenters. The Bertz CT molecular complexity index is 1120. The summed E-state index contributed by atoms with van der Waals surface area (Å²) in [6.07, 6.45) is 1.72.